The summed E-state index contributed by atoms with van der Waals surface area (Å²) in [6.07, 6.45) is 72.6. The summed E-state index contributed by atoms with van der Waals surface area (Å²) >= 11 is 0. The summed E-state index contributed by atoms with van der Waals surface area (Å²) in [5, 5.41) is 0. The van der Waals surface area contributed by atoms with Crippen LogP contribution in [0.5, 0.6) is 0 Å². The highest BCUT2D eigenvalue weighted by Gasteiger charge is 2.19. The summed E-state index contributed by atoms with van der Waals surface area (Å²) in [4.78, 5) is 37.9. The van der Waals surface area contributed by atoms with Crippen LogP contribution in [0.25, 0.3) is 0 Å². The zero-order valence-electron chi connectivity index (χ0n) is 43.6. The van der Waals surface area contributed by atoms with E-state index in [4.69, 9.17) is 14.2 Å². The van der Waals surface area contributed by atoms with Gasteiger partial charge in [-0.15, -0.1) is 0 Å². The van der Waals surface area contributed by atoms with E-state index in [0.717, 1.165) is 135 Å². The number of hydrogen-bond donors (Lipinski definition) is 0. The third-order valence-corrected chi connectivity index (χ3v) is 11.6. The molecular formula is C61H102O6. The first-order valence-electron chi connectivity index (χ1n) is 27.7. The molecule has 0 aromatic carbocycles. The molecule has 0 N–H and O–H groups in total. The first-order valence-corrected chi connectivity index (χ1v) is 27.7. The van der Waals surface area contributed by atoms with Crippen molar-refractivity contribution >= 4 is 17.9 Å². The average Bonchev–Trinajstić information content (AvgIpc) is 3.33. The van der Waals surface area contributed by atoms with Gasteiger partial charge in [-0.25, -0.2) is 0 Å². The fourth-order valence-electron chi connectivity index (χ4n) is 7.42. The van der Waals surface area contributed by atoms with Gasteiger partial charge in [-0.05, 0) is 103 Å². The number of unbranched alkanes of at least 4 members (excludes halogenated alkanes) is 22. The van der Waals surface area contributed by atoms with Crippen molar-refractivity contribution < 1.29 is 28.6 Å². The van der Waals surface area contributed by atoms with Crippen LogP contribution in [0.4, 0.5) is 0 Å². The van der Waals surface area contributed by atoms with Gasteiger partial charge in [-0.2, -0.15) is 0 Å². The Hall–Kier alpha value is -3.67. The van der Waals surface area contributed by atoms with E-state index in [0.29, 0.717) is 19.3 Å². The fraction of sp³-hybridized carbons (Fsp3) is 0.689. The van der Waals surface area contributed by atoms with Gasteiger partial charge in [0.25, 0.3) is 0 Å². The van der Waals surface area contributed by atoms with E-state index in [2.05, 4.69) is 118 Å². The average molecular weight is 931 g/mol. The molecule has 0 bridgehead atoms. The molecule has 0 aliphatic rings. The minimum Gasteiger partial charge on any atom is -0.462 e. The predicted molar refractivity (Wildman–Crippen MR) is 288 cm³/mol. The van der Waals surface area contributed by atoms with E-state index < -0.39 is 6.10 Å². The highest BCUT2D eigenvalue weighted by Crippen LogP contribution is 2.14. The molecular weight excluding hydrogens is 829 g/mol. The van der Waals surface area contributed by atoms with Gasteiger partial charge in [0.2, 0.25) is 0 Å². The Balaban J connectivity index is 4.29. The highest BCUT2D eigenvalue weighted by atomic mass is 16.6. The van der Waals surface area contributed by atoms with Crippen molar-refractivity contribution in [3.8, 4) is 0 Å². The lowest BCUT2D eigenvalue weighted by Crippen LogP contribution is -2.30. The molecule has 67 heavy (non-hydrogen) atoms. The van der Waals surface area contributed by atoms with E-state index in [-0.39, 0.29) is 31.1 Å². The van der Waals surface area contributed by atoms with Crippen LogP contribution >= 0.6 is 0 Å². The van der Waals surface area contributed by atoms with Crippen molar-refractivity contribution in [2.75, 3.05) is 13.2 Å². The Kier molecular flexibility index (Phi) is 51.9. The Bertz CT molecular complexity index is 1350. The number of ether oxygens (including phenoxy) is 3. The molecule has 0 amide bonds. The van der Waals surface area contributed by atoms with Crippen LogP contribution in [-0.4, -0.2) is 37.2 Å². The van der Waals surface area contributed by atoms with Gasteiger partial charge in [0.05, 0.1) is 0 Å². The molecule has 0 fully saturated rings. The number of esters is 3. The Morgan fingerprint density at radius 1 is 0.313 bits per heavy atom. The minimum absolute atomic E-state index is 0.0861. The SMILES string of the molecule is CC/C=C\C/C=C\C/C=C\C/C=C\C/C=C\C/C=C\C/C=C\CCCCCCCC(=O)OCC(COC(=O)CCCCCCCCCCC)OC(=O)CCCCCCC/C=C\CCCCCC. The predicted octanol–water partition coefficient (Wildman–Crippen LogP) is 18.5. The largest absolute Gasteiger partial charge is 0.462 e. The number of rotatable bonds is 49. The Morgan fingerprint density at radius 3 is 0.940 bits per heavy atom. The van der Waals surface area contributed by atoms with E-state index in [9.17, 15) is 14.4 Å². The monoisotopic (exact) mass is 931 g/mol. The van der Waals surface area contributed by atoms with Crippen LogP contribution in [0.2, 0.25) is 0 Å². The molecule has 6 nitrogen and oxygen atoms in total. The molecule has 1 atom stereocenters. The zero-order chi connectivity index (χ0) is 48.6. The Labute approximate surface area is 413 Å². The zero-order valence-corrected chi connectivity index (χ0v) is 43.6. The summed E-state index contributed by atoms with van der Waals surface area (Å²) in [5.74, 6) is -0.918. The molecule has 382 valence electrons. The summed E-state index contributed by atoms with van der Waals surface area (Å²) in [7, 11) is 0. The summed E-state index contributed by atoms with van der Waals surface area (Å²) in [5.41, 5.74) is 0. The minimum atomic E-state index is -0.787. The molecule has 0 rings (SSSR count). The number of hydrogen-bond acceptors (Lipinski definition) is 6. The first-order chi connectivity index (χ1) is 33.0. The van der Waals surface area contributed by atoms with Gasteiger partial charge in [0, 0.05) is 19.3 Å². The normalized spacial score (nSPS) is 12.8. The van der Waals surface area contributed by atoms with E-state index >= 15 is 0 Å². The maximum absolute atomic E-state index is 12.8. The molecule has 0 aliphatic heterocycles. The maximum atomic E-state index is 12.8. The van der Waals surface area contributed by atoms with Crippen molar-refractivity contribution in [1.29, 1.82) is 0 Å². The van der Waals surface area contributed by atoms with Crippen LogP contribution in [-0.2, 0) is 28.6 Å². The van der Waals surface area contributed by atoms with Crippen molar-refractivity contribution in [2.24, 2.45) is 0 Å². The van der Waals surface area contributed by atoms with Crippen molar-refractivity contribution in [3.63, 3.8) is 0 Å². The lowest BCUT2D eigenvalue weighted by molar-refractivity contribution is -0.167. The molecule has 0 aromatic heterocycles. The van der Waals surface area contributed by atoms with E-state index in [1.165, 1.54) is 77.0 Å². The quantitative estimate of drug-likeness (QED) is 0.0262. The smallest absolute Gasteiger partial charge is 0.306 e. The molecule has 0 aliphatic carbocycles. The van der Waals surface area contributed by atoms with Crippen molar-refractivity contribution in [2.45, 2.75) is 258 Å². The second-order valence-electron chi connectivity index (χ2n) is 18.1. The third-order valence-electron chi connectivity index (χ3n) is 11.6. The van der Waals surface area contributed by atoms with Gasteiger partial charge in [-0.1, -0.05) is 227 Å². The van der Waals surface area contributed by atoms with Crippen LogP contribution in [0.3, 0.4) is 0 Å². The first kappa shape index (κ1) is 63.3. The van der Waals surface area contributed by atoms with Gasteiger partial charge < -0.3 is 14.2 Å². The van der Waals surface area contributed by atoms with Gasteiger partial charge in [-0.3, -0.25) is 14.4 Å². The standard InChI is InChI=1S/C61H102O6/c1-4-7-10-13-16-19-21-23-24-25-26-27-28-29-30-31-32-33-34-35-36-38-39-42-45-48-51-54-60(63)66-57-58(56-65-59(62)53-50-47-44-41-18-15-12-9-6-3)67-61(64)55-52-49-46-43-40-37-22-20-17-14-11-8-5-2/h7,10,16,19-20,22-24,26-27,29-30,32-33,35-36,58H,4-6,8-9,11-15,17-18,21,25,28,31,34,37-57H2,1-3H3/b10-7-,19-16-,22-20-,24-23-,27-26-,30-29-,33-32-,36-35-. The van der Waals surface area contributed by atoms with E-state index in [1.54, 1.807) is 0 Å². The summed E-state index contributed by atoms with van der Waals surface area (Å²) in [6, 6.07) is 0. The molecule has 0 heterocycles. The fourth-order valence-corrected chi connectivity index (χ4v) is 7.42. The van der Waals surface area contributed by atoms with Gasteiger partial charge >= 0.3 is 17.9 Å². The molecule has 0 saturated heterocycles. The summed E-state index contributed by atoms with van der Waals surface area (Å²) < 4.78 is 16.8. The number of carbonyl (C=O) groups excluding carboxylic acids is 3. The number of allylic oxidation sites excluding steroid dienone is 16. The molecule has 0 aromatic rings. The van der Waals surface area contributed by atoms with Crippen molar-refractivity contribution in [3.05, 3.63) is 97.2 Å². The molecule has 6 heteroatoms. The molecule has 0 spiro atoms. The van der Waals surface area contributed by atoms with Crippen LogP contribution in [0.1, 0.15) is 252 Å². The Morgan fingerprint density at radius 2 is 0.582 bits per heavy atom. The lowest BCUT2D eigenvalue weighted by Gasteiger charge is -2.18. The van der Waals surface area contributed by atoms with Crippen molar-refractivity contribution in [1.82, 2.24) is 0 Å². The van der Waals surface area contributed by atoms with Crippen LogP contribution in [0.15, 0.2) is 97.2 Å². The summed E-state index contributed by atoms with van der Waals surface area (Å²) in [6.45, 7) is 6.46. The number of carbonyl (C=O) groups is 3. The van der Waals surface area contributed by atoms with Gasteiger partial charge in [0.15, 0.2) is 6.10 Å². The van der Waals surface area contributed by atoms with Crippen LogP contribution in [0, 0.1) is 0 Å². The second kappa shape index (κ2) is 54.9. The van der Waals surface area contributed by atoms with E-state index in [1.807, 2.05) is 0 Å². The molecule has 1 unspecified atom stereocenters. The second-order valence-corrected chi connectivity index (χ2v) is 18.1. The van der Waals surface area contributed by atoms with Gasteiger partial charge in [0.1, 0.15) is 13.2 Å². The third kappa shape index (κ3) is 53.2. The highest BCUT2D eigenvalue weighted by molar-refractivity contribution is 5.71. The lowest BCUT2D eigenvalue weighted by atomic mass is 10.1. The van der Waals surface area contributed by atoms with Crippen LogP contribution < -0.4 is 0 Å². The maximum Gasteiger partial charge on any atom is 0.306 e. The molecule has 0 saturated carbocycles. The molecule has 0 radical (unpaired) electrons. The topological polar surface area (TPSA) is 78.9 Å².